The fourth-order valence-electron chi connectivity index (χ4n) is 2.75. The minimum absolute atomic E-state index is 0.106. The number of carbonyl (C=O) groups is 3. The van der Waals surface area contributed by atoms with E-state index < -0.39 is 41.0 Å². The minimum Gasteiger partial charge on any atom is -0.507 e. The molecule has 1 aromatic carbocycles. The summed E-state index contributed by atoms with van der Waals surface area (Å²) in [6.07, 6.45) is -0.686. The molecule has 118 valence electrons. The van der Waals surface area contributed by atoms with E-state index in [-0.39, 0.29) is 23.3 Å². The monoisotopic (exact) mass is 308 g/mol. The lowest BCUT2D eigenvalue weighted by atomic mass is 9.72. The first-order chi connectivity index (χ1) is 10.3. The van der Waals surface area contributed by atoms with Gasteiger partial charge in [-0.3, -0.25) is 9.59 Å². The van der Waals surface area contributed by atoms with Crippen molar-refractivity contribution in [2.24, 2.45) is 11.8 Å². The largest absolute Gasteiger partial charge is 0.507 e. The summed E-state index contributed by atoms with van der Waals surface area (Å²) >= 11 is 0. The number of ether oxygens (including phenoxy) is 1. The first-order valence-electron chi connectivity index (χ1n) is 6.68. The standard InChI is InChI=1S/C15H16O7/c1-6(17)3-7-8(5-16)14(20)11-9(18)4-10(22-2)15(21)12(11)13(7)19/h4-8,17-18,21H,3H2,1-2H3. The van der Waals surface area contributed by atoms with E-state index in [0.717, 1.165) is 6.07 Å². The summed E-state index contributed by atoms with van der Waals surface area (Å²) in [7, 11) is 1.23. The number of fused-ring (bicyclic) bond motifs is 1. The van der Waals surface area contributed by atoms with E-state index in [0.29, 0.717) is 6.29 Å². The Hall–Kier alpha value is -2.41. The van der Waals surface area contributed by atoms with Crippen LogP contribution in [0, 0.1) is 11.8 Å². The molecule has 2 rings (SSSR count). The van der Waals surface area contributed by atoms with Crippen molar-refractivity contribution < 1.29 is 34.4 Å². The minimum atomic E-state index is -1.30. The van der Waals surface area contributed by atoms with Crippen molar-refractivity contribution in [1.29, 1.82) is 0 Å². The van der Waals surface area contributed by atoms with Crippen LogP contribution in [-0.4, -0.2) is 46.4 Å². The highest BCUT2D eigenvalue weighted by molar-refractivity contribution is 6.22. The van der Waals surface area contributed by atoms with E-state index >= 15 is 0 Å². The molecule has 0 radical (unpaired) electrons. The summed E-state index contributed by atoms with van der Waals surface area (Å²) in [6, 6.07) is 1.01. The number of carbonyl (C=O) groups excluding carboxylic acids is 3. The molecule has 0 amide bonds. The molecule has 0 bridgehead atoms. The number of benzene rings is 1. The molecule has 0 heterocycles. The third kappa shape index (κ3) is 2.33. The van der Waals surface area contributed by atoms with E-state index in [4.69, 9.17) is 4.74 Å². The Morgan fingerprint density at radius 2 is 1.91 bits per heavy atom. The lowest BCUT2D eigenvalue weighted by Gasteiger charge is -2.29. The molecule has 1 aliphatic rings. The van der Waals surface area contributed by atoms with E-state index in [9.17, 15) is 29.7 Å². The van der Waals surface area contributed by atoms with Crippen LogP contribution in [0.15, 0.2) is 6.07 Å². The highest BCUT2D eigenvalue weighted by Crippen LogP contribution is 2.45. The van der Waals surface area contributed by atoms with Crippen molar-refractivity contribution in [2.45, 2.75) is 19.4 Å². The maximum Gasteiger partial charge on any atom is 0.178 e. The molecule has 0 aliphatic heterocycles. The lowest BCUT2D eigenvalue weighted by molar-refractivity contribution is -0.111. The average Bonchev–Trinajstić information content (AvgIpc) is 2.46. The number of phenolic OH excluding ortho intramolecular Hbond substituents is 2. The third-order valence-electron chi connectivity index (χ3n) is 3.77. The van der Waals surface area contributed by atoms with Crippen LogP contribution in [0.1, 0.15) is 34.1 Å². The van der Waals surface area contributed by atoms with Gasteiger partial charge in [0, 0.05) is 12.0 Å². The highest BCUT2D eigenvalue weighted by Gasteiger charge is 2.45. The molecule has 3 atom stereocenters. The Balaban J connectivity index is 2.70. The second-order valence-electron chi connectivity index (χ2n) is 5.28. The molecule has 0 saturated heterocycles. The number of ketones is 2. The first-order valence-corrected chi connectivity index (χ1v) is 6.68. The SMILES string of the molecule is COc1cc(O)c2c(c1O)C(=O)C(CC(C)O)C(C=O)C2=O. The molecule has 0 aromatic heterocycles. The summed E-state index contributed by atoms with van der Waals surface area (Å²) in [6.45, 7) is 1.43. The molecule has 7 heteroatoms. The molecular formula is C15H16O7. The zero-order valence-electron chi connectivity index (χ0n) is 12.1. The number of aromatic hydroxyl groups is 2. The van der Waals surface area contributed by atoms with Gasteiger partial charge in [-0.1, -0.05) is 0 Å². The fourth-order valence-corrected chi connectivity index (χ4v) is 2.75. The Bertz CT molecular complexity index is 648. The van der Waals surface area contributed by atoms with Crippen LogP contribution in [0.4, 0.5) is 0 Å². The van der Waals surface area contributed by atoms with Gasteiger partial charge in [0.15, 0.2) is 23.1 Å². The van der Waals surface area contributed by atoms with Crippen LogP contribution in [0.25, 0.3) is 0 Å². The van der Waals surface area contributed by atoms with Crippen LogP contribution in [0.5, 0.6) is 17.2 Å². The number of aliphatic hydroxyl groups is 1. The van der Waals surface area contributed by atoms with Gasteiger partial charge in [-0.05, 0) is 13.3 Å². The second kappa shape index (κ2) is 5.76. The average molecular weight is 308 g/mol. The Morgan fingerprint density at radius 1 is 1.27 bits per heavy atom. The van der Waals surface area contributed by atoms with E-state index in [2.05, 4.69) is 0 Å². The quantitative estimate of drug-likeness (QED) is 0.425. The maximum absolute atomic E-state index is 12.6. The van der Waals surface area contributed by atoms with E-state index in [1.165, 1.54) is 14.0 Å². The van der Waals surface area contributed by atoms with Crippen LogP contribution in [-0.2, 0) is 4.79 Å². The summed E-state index contributed by atoms with van der Waals surface area (Å²) < 4.78 is 4.85. The van der Waals surface area contributed by atoms with Crippen LogP contribution in [0.2, 0.25) is 0 Å². The molecule has 3 N–H and O–H groups in total. The molecule has 7 nitrogen and oxygen atoms in total. The van der Waals surface area contributed by atoms with Crippen molar-refractivity contribution in [3.63, 3.8) is 0 Å². The van der Waals surface area contributed by atoms with Crippen molar-refractivity contribution in [2.75, 3.05) is 7.11 Å². The van der Waals surface area contributed by atoms with Crippen molar-refractivity contribution >= 4 is 17.9 Å². The molecule has 0 spiro atoms. The lowest BCUT2D eigenvalue weighted by Crippen LogP contribution is -2.39. The number of aldehydes is 1. The number of aliphatic hydroxyl groups excluding tert-OH is 1. The van der Waals surface area contributed by atoms with E-state index in [1.807, 2.05) is 0 Å². The smallest absolute Gasteiger partial charge is 0.178 e. The molecular weight excluding hydrogens is 292 g/mol. The van der Waals surface area contributed by atoms with Gasteiger partial charge in [-0.2, -0.15) is 0 Å². The van der Waals surface area contributed by atoms with Gasteiger partial charge in [0.1, 0.15) is 12.0 Å². The van der Waals surface area contributed by atoms with E-state index in [1.54, 1.807) is 0 Å². The van der Waals surface area contributed by atoms with Crippen LogP contribution >= 0.6 is 0 Å². The molecule has 3 unspecified atom stereocenters. The van der Waals surface area contributed by atoms with Crippen LogP contribution in [0.3, 0.4) is 0 Å². The zero-order chi connectivity index (χ0) is 16.6. The predicted molar refractivity (Wildman–Crippen MR) is 74.3 cm³/mol. The molecule has 1 aliphatic carbocycles. The molecule has 22 heavy (non-hydrogen) atoms. The van der Waals surface area contributed by atoms with Gasteiger partial charge in [0.2, 0.25) is 0 Å². The molecule has 0 fully saturated rings. The Morgan fingerprint density at radius 3 is 2.41 bits per heavy atom. The number of methoxy groups -OCH3 is 1. The molecule has 1 aromatic rings. The summed E-state index contributed by atoms with van der Waals surface area (Å²) in [5.74, 6) is -5.08. The normalized spacial score (nSPS) is 22.1. The van der Waals surface area contributed by atoms with Crippen molar-refractivity contribution in [3.05, 3.63) is 17.2 Å². The highest BCUT2D eigenvalue weighted by atomic mass is 16.5. The van der Waals surface area contributed by atoms with Gasteiger partial charge in [-0.25, -0.2) is 0 Å². The number of Topliss-reactive ketones (excluding diaryl/α,β-unsaturated/α-hetero) is 2. The zero-order valence-corrected chi connectivity index (χ0v) is 12.1. The van der Waals surface area contributed by atoms with Crippen molar-refractivity contribution in [3.8, 4) is 17.2 Å². The van der Waals surface area contributed by atoms with Crippen molar-refractivity contribution in [1.82, 2.24) is 0 Å². The number of rotatable bonds is 4. The summed E-state index contributed by atoms with van der Waals surface area (Å²) in [5, 5.41) is 29.5. The number of hydrogen-bond acceptors (Lipinski definition) is 7. The Labute approximate surface area is 126 Å². The second-order valence-corrected chi connectivity index (χ2v) is 5.28. The van der Waals surface area contributed by atoms with Gasteiger partial charge in [-0.15, -0.1) is 0 Å². The van der Waals surface area contributed by atoms with Gasteiger partial charge >= 0.3 is 0 Å². The molecule has 0 saturated carbocycles. The summed E-state index contributed by atoms with van der Waals surface area (Å²) in [4.78, 5) is 36.2. The maximum atomic E-state index is 12.6. The topological polar surface area (TPSA) is 121 Å². The summed E-state index contributed by atoms with van der Waals surface area (Å²) in [5.41, 5.74) is -0.757. The van der Waals surface area contributed by atoms with Gasteiger partial charge < -0.3 is 24.9 Å². The third-order valence-corrected chi connectivity index (χ3v) is 3.77. The van der Waals surface area contributed by atoms with Gasteiger partial charge in [0.25, 0.3) is 0 Å². The van der Waals surface area contributed by atoms with Crippen LogP contribution < -0.4 is 4.74 Å². The fraction of sp³-hybridized carbons (Fsp3) is 0.400. The predicted octanol–water partition coefficient (Wildman–Crippen LogP) is 0.688. The number of phenols is 2. The first kappa shape index (κ1) is 16.0. The Kier molecular flexibility index (Phi) is 4.18. The number of hydrogen-bond donors (Lipinski definition) is 3. The van der Waals surface area contributed by atoms with Gasteiger partial charge in [0.05, 0.1) is 30.3 Å².